The number of fused-ring (bicyclic) bond motifs is 1. The molecule has 0 saturated heterocycles. The van der Waals surface area contributed by atoms with Crippen molar-refractivity contribution >= 4 is 15.7 Å². The minimum atomic E-state index is -3.24. The molecule has 6 heteroatoms. The van der Waals surface area contributed by atoms with E-state index in [0.717, 1.165) is 30.5 Å². The van der Waals surface area contributed by atoms with Crippen molar-refractivity contribution in [1.82, 2.24) is 5.32 Å². The summed E-state index contributed by atoms with van der Waals surface area (Å²) in [7, 11) is -3.24. The fraction of sp³-hybridized carbons (Fsp3) is 0.333. The Morgan fingerprint density at radius 3 is 2.54 bits per heavy atom. The number of nitrogens with one attached hydrogen (secondary N) is 2. The molecule has 0 radical (unpaired) electrons. The van der Waals surface area contributed by atoms with Crippen LogP contribution >= 0.6 is 0 Å². The summed E-state index contributed by atoms with van der Waals surface area (Å²) in [5.74, 6) is 0.980. The van der Waals surface area contributed by atoms with Crippen LogP contribution in [0.25, 0.3) is 0 Å². The van der Waals surface area contributed by atoms with Crippen molar-refractivity contribution < 1.29 is 13.2 Å². The average Bonchev–Trinajstić information content (AvgIpc) is 2.94. The second-order valence-corrected chi connectivity index (χ2v) is 7.93. The molecule has 1 aliphatic heterocycles. The molecule has 0 amide bonds. The lowest BCUT2D eigenvalue weighted by atomic mass is 10.1. The van der Waals surface area contributed by atoms with E-state index < -0.39 is 10.0 Å². The predicted octanol–water partition coefficient (Wildman–Crippen LogP) is 2.71. The van der Waals surface area contributed by atoms with Gasteiger partial charge in [-0.25, -0.2) is 8.42 Å². The molecular formula is C18H22N2O3S. The van der Waals surface area contributed by atoms with Crippen LogP contribution in [0, 0.1) is 0 Å². The first kappa shape index (κ1) is 16.8. The Bertz CT molecular complexity index is 778. The number of para-hydroxylation sites is 1. The zero-order chi connectivity index (χ0) is 17.2. The van der Waals surface area contributed by atoms with Crippen molar-refractivity contribution in [2.45, 2.75) is 25.5 Å². The Balaban J connectivity index is 1.53. The first-order valence-corrected chi connectivity index (χ1v) is 9.85. The van der Waals surface area contributed by atoms with Gasteiger partial charge in [-0.05, 0) is 36.2 Å². The topological polar surface area (TPSA) is 67.4 Å². The van der Waals surface area contributed by atoms with Crippen LogP contribution < -0.4 is 14.8 Å². The standard InChI is InChI=1S/C18H22N2O3S/c1-13(14-7-9-16(10-8-14)20-24(2,21)22)19-12-17-11-15-5-3-4-6-18(15)23-17/h3-10,13,17,19-20H,11-12H2,1-2H3/t13-,17+/m1/s1. The lowest BCUT2D eigenvalue weighted by Crippen LogP contribution is -2.31. The molecule has 5 nitrogen and oxygen atoms in total. The quantitative estimate of drug-likeness (QED) is 0.844. The Morgan fingerprint density at radius 2 is 1.88 bits per heavy atom. The van der Waals surface area contributed by atoms with Gasteiger partial charge in [0.2, 0.25) is 10.0 Å². The zero-order valence-corrected chi connectivity index (χ0v) is 14.6. The van der Waals surface area contributed by atoms with Crippen molar-refractivity contribution in [3.63, 3.8) is 0 Å². The van der Waals surface area contributed by atoms with Crippen molar-refractivity contribution in [3.05, 3.63) is 59.7 Å². The van der Waals surface area contributed by atoms with Crippen LogP contribution in [0.2, 0.25) is 0 Å². The van der Waals surface area contributed by atoms with Gasteiger partial charge in [0.1, 0.15) is 11.9 Å². The molecule has 1 aliphatic rings. The van der Waals surface area contributed by atoms with Gasteiger partial charge in [-0.3, -0.25) is 4.72 Å². The fourth-order valence-corrected chi connectivity index (χ4v) is 3.41. The molecule has 0 fully saturated rings. The van der Waals surface area contributed by atoms with Crippen LogP contribution in [0.5, 0.6) is 5.75 Å². The highest BCUT2D eigenvalue weighted by molar-refractivity contribution is 7.92. The van der Waals surface area contributed by atoms with Crippen LogP contribution in [-0.2, 0) is 16.4 Å². The van der Waals surface area contributed by atoms with Crippen LogP contribution in [0.4, 0.5) is 5.69 Å². The first-order chi connectivity index (χ1) is 11.4. The highest BCUT2D eigenvalue weighted by Gasteiger charge is 2.22. The van der Waals surface area contributed by atoms with Crippen molar-refractivity contribution in [2.24, 2.45) is 0 Å². The number of ether oxygens (including phenoxy) is 1. The van der Waals surface area contributed by atoms with Crippen molar-refractivity contribution in [2.75, 3.05) is 17.5 Å². The average molecular weight is 346 g/mol. The summed E-state index contributed by atoms with van der Waals surface area (Å²) in [5.41, 5.74) is 2.93. The summed E-state index contributed by atoms with van der Waals surface area (Å²) in [4.78, 5) is 0. The van der Waals surface area contributed by atoms with Crippen LogP contribution in [0.15, 0.2) is 48.5 Å². The number of hydrogen-bond acceptors (Lipinski definition) is 4. The van der Waals surface area contributed by atoms with Crippen LogP contribution in [0.3, 0.4) is 0 Å². The summed E-state index contributed by atoms with van der Waals surface area (Å²) < 4.78 is 30.8. The van der Waals surface area contributed by atoms with E-state index in [-0.39, 0.29) is 12.1 Å². The largest absolute Gasteiger partial charge is 0.488 e. The normalized spacial score (nSPS) is 17.8. The summed E-state index contributed by atoms with van der Waals surface area (Å²) in [6.07, 6.45) is 2.22. The number of anilines is 1. The minimum absolute atomic E-state index is 0.149. The Morgan fingerprint density at radius 1 is 1.17 bits per heavy atom. The Kier molecular flexibility index (Phi) is 4.78. The van der Waals surface area contributed by atoms with Gasteiger partial charge >= 0.3 is 0 Å². The molecule has 1 heterocycles. The molecule has 0 aromatic heterocycles. The highest BCUT2D eigenvalue weighted by atomic mass is 32.2. The monoisotopic (exact) mass is 346 g/mol. The minimum Gasteiger partial charge on any atom is -0.488 e. The highest BCUT2D eigenvalue weighted by Crippen LogP contribution is 2.28. The second kappa shape index (κ2) is 6.83. The summed E-state index contributed by atoms with van der Waals surface area (Å²) in [5, 5.41) is 3.48. The molecule has 0 bridgehead atoms. The van der Waals surface area contributed by atoms with E-state index in [9.17, 15) is 8.42 Å². The molecule has 0 spiro atoms. The Labute approximate surface area is 143 Å². The van der Waals surface area contributed by atoms with Crippen LogP contribution in [-0.4, -0.2) is 27.3 Å². The SMILES string of the molecule is C[C@@H](NC[C@@H]1Cc2ccccc2O1)c1ccc(NS(C)(=O)=O)cc1. The first-order valence-electron chi connectivity index (χ1n) is 7.96. The van der Waals surface area contributed by atoms with E-state index in [1.807, 2.05) is 30.3 Å². The molecule has 24 heavy (non-hydrogen) atoms. The second-order valence-electron chi connectivity index (χ2n) is 6.18. The molecule has 2 aromatic carbocycles. The molecule has 2 aromatic rings. The molecule has 0 saturated carbocycles. The maximum Gasteiger partial charge on any atom is 0.229 e. The molecule has 0 aliphatic carbocycles. The van der Waals surface area contributed by atoms with Crippen molar-refractivity contribution in [1.29, 1.82) is 0 Å². The summed E-state index contributed by atoms with van der Waals surface area (Å²) >= 11 is 0. The molecule has 128 valence electrons. The molecule has 2 N–H and O–H groups in total. The van der Waals surface area contributed by atoms with Gasteiger partial charge in [-0.2, -0.15) is 0 Å². The molecule has 0 unspecified atom stereocenters. The van der Waals surface area contributed by atoms with E-state index in [4.69, 9.17) is 4.74 Å². The number of sulfonamides is 1. The number of hydrogen-bond donors (Lipinski definition) is 2. The van der Waals surface area contributed by atoms with Gasteiger partial charge < -0.3 is 10.1 Å². The lowest BCUT2D eigenvalue weighted by Gasteiger charge is -2.18. The number of rotatable bonds is 6. The van der Waals surface area contributed by atoms with E-state index in [1.165, 1.54) is 5.56 Å². The van der Waals surface area contributed by atoms with Gasteiger partial charge in [0.15, 0.2) is 0 Å². The van der Waals surface area contributed by atoms with Gasteiger partial charge in [-0.15, -0.1) is 0 Å². The molecule has 3 rings (SSSR count). The van der Waals surface area contributed by atoms with Gasteiger partial charge in [-0.1, -0.05) is 30.3 Å². The summed E-state index contributed by atoms with van der Waals surface area (Å²) in [6.45, 7) is 2.85. The number of benzene rings is 2. The molecule has 2 atom stereocenters. The zero-order valence-electron chi connectivity index (χ0n) is 13.8. The van der Waals surface area contributed by atoms with Gasteiger partial charge in [0.05, 0.1) is 6.26 Å². The third-order valence-electron chi connectivity index (χ3n) is 4.08. The summed E-state index contributed by atoms with van der Waals surface area (Å²) in [6, 6.07) is 15.7. The fourth-order valence-electron chi connectivity index (χ4n) is 2.85. The third-order valence-corrected chi connectivity index (χ3v) is 4.69. The lowest BCUT2D eigenvalue weighted by molar-refractivity contribution is 0.222. The maximum absolute atomic E-state index is 11.2. The van der Waals surface area contributed by atoms with E-state index in [2.05, 4.69) is 23.0 Å². The smallest absolute Gasteiger partial charge is 0.229 e. The third kappa shape index (κ3) is 4.27. The maximum atomic E-state index is 11.2. The van der Waals surface area contributed by atoms with Gasteiger partial charge in [0.25, 0.3) is 0 Å². The van der Waals surface area contributed by atoms with Gasteiger partial charge in [0, 0.05) is 24.7 Å². The predicted molar refractivity (Wildman–Crippen MR) is 95.9 cm³/mol. The van der Waals surface area contributed by atoms with E-state index >= 15 is 0 Å². The van der Waals surface area contributed by atoms with Crippen molar-refractivity contribution in [3.8, 4) is 5.75 Å². The van der Waals surface area contributed by atoms with E-state index in [0.29, 0.717) is 5.69 Å². The Hall–Kier alpha value is -2.05. The van der Waals surface area contributed by atoms with Crippen LogP contribution in [0.1, 0.15) is 24.1 Å². The van der Waals surface area contributed by atoms with E-state index in [1.54, 1.807) is 12.1 Å². The molecular weight excluding hydrogens is 324 g/mol.